The molecule has 6 nitrogen and oxygen atoms in total. The Hall–Kier alpha value is -14.1. The number of nitrogens with one attached hydrogen (secondary N) is 1. The van der Waals surface area contributed by atoms with E-state index in [9.17, 15) is 30.2 Å². The topological polar surface area (TPSA) is 37.1 Å². The molecule has 530 valence electrons. The van der Waals surface area contributed by atoms with Crippen molar-refractivity contribution in [3.63, 3.8) is 0 Å². The van der Waals surface area contributed by atoms with E-state index in [1.807, 2.05) is 115 Å². The number of H-pyrrole nitrogens is 1. The van der Waals surface area contributed by atoms with Crippen LogP contribution in [0.25, 0.3) is 160 Å². The Labute approximate surface area is 688 Å². The summed E-state index contributed by atoms with van der Waals surface area (Å²) in [6, 6.07) is 58.8. The summed E-state index contributed by atoms with van der Waals surface area (Å²) in [7, 11) is 0. The van der Waals surface area contributed by atoms with Gasteiger partial charge in [0, 0.05) is 105 Å². The predicted octanol–water partition coefficient (Wildman–Crippen LogP) is 25.6. The van der Waals surface area contributed by atoms with E-state index in [1.165, 1.54) is 9.13 Å². The average molecular weight is 1470 g/mol. The summed E-state index contributed by atoms with van der Waals surface area (Å²) >= 11 is 0. The van der Waals surface area contributed by atoms with E-state index in [2.05, 4.69) is 126 Å². The van der Waals surface area contributed by atoms with Crippen LogP contribution in [0.15, 0.2) is 370 Å². The SMILES string of the molecule is [2H]C1=C([2H])C2c3c([2H])c([2H])c([2H])c([2H])c3N(c3cc4c5c(c3)c3cc(-n6c7c([2H])c([2H])c([2H])c([2H])c7c7c([2H])c([2H])c([2H])c([2H])c76)ccc3n5-c3cc5[nH]c6c(-c7ccccc7-c7ccccc7-c7ccccc7)cccc6c5c5c3B4c3ccc(-n4c6c([2H])c([2H])c([2H])c([2H])c6c6c([2H])c([2H])c([2H])c([2H])c64)cc3N5c3c(-c4ccccc4)cc(C(C)(C)C)cc3-c3ccccc3)C2C([2H])=C1[2H]. The van der Waals surface area contributed by atoms with Crippen LogP contribution in [0.1, 0.15) is 70.7 Å². The van der Waals surface area contributed by atoms with Gasteiger partial charge in [0.25, 0.3) is 6.71 Å². The summed E-state index contributed by atoms with van der Waals surface area (Å²) < 4.78 is 235. The van der Waals surface area contributed by atoms with Gasteiger partial charge in [-0.3, -0.25) is 0 Å². The van der Waals surface area contributed by atoms with Crippen molar-refractivity contribution < 1.29 is 32.9 Å². The van der Waals surface area contributed by atoms with Crippen LogP contribution in [-0.2, 0) is 5.41 Å². The maximum Gasteiger partial charge on any atom is 0.252 e. The lowest BCUT2D eigenvalue weighted by atomic mass is 9.33. The van der Waals surface area contributed by atoms with Crippen LogP contribution < -0.4 is 26.2 Å². The Kier molecular flexibility index (Phi) is 9.52. The number of anilines is 5. The van der Waals surface area contributed by atoms with Crippen LogP contribution in [0.2, 0.25) is 0 Å². The van der Waals surface area contributed by atoms with Gasteiger partial charge in [0.2, 0.25) is 0 Å². The van der Waals surface area contributed by atoms with Crippen molar-refractivity contribution in [2.45, 2.75) is 38.1 Å². The summed E-state index contributed by atoms with van der Waals surface area (Å²) in [6.45, 7) is 5.39. The second-order valence-corrected chi connectivity index (χ2v) is 30.4. The number of nitrogens with zero attached hydrogens (tertiary/aromatic N) is 5. The molecule has 0 bridgehead atoms. The highest BCUT2D eigenvalue weighted by atomic mass is 15.2. The quantitative estimate of drug-likeness (QED) is 0.146. The molecule has 1 aliphatic carbocycles. The first kappa shape index (κ1) is 44.5. The zero-order chi connectivity index (χ0) is 95.4. The Balaban J connectivity index is 0.926. The zero-order valence-corrected chi connectivity index (χ0v) is 60.8. The highest BCUT2D eigenvalue weighted by Crippen LogP contribution is 2.56. The number of fused-ring (bicyclic) bond motifs is 20. The third-order valence-electron chi connectivity index (χ3n) is 23.5. The first-order chi connectivity index (χ1) is 65.7. The van der Waals surface area contributed by atoms with Crippen molar-refractivity contribution in [2.24, 2.45) is 0 Å². The summed E-state index contributed by atoms with van der Waals surface area (Å²) in [5.41, 5.74) is 15.1. The van der Waals surface area contributed by atoms with Crippen LogP contribution in [0.4, 0.5) is 28.4 Å². The van der Waals surface area contributed by atoms with Crippen LogP contribution in [-0.4, -0.2) is 31.4 Å². The van der Waals surface area contributed by atoms with Crippen LogP contribution in [0.5, 0.6) is 0 Å². The number of allylic oxidation sites excluding steroid dienone is 2. The van der Waals surface area contributed by atoms with Gasteiger partial charge in [0.1, 0.15) is 0 Å². The van der Waals surface area contributed by atoms with Gasteiger partial charge in [-0.1, -0.05) is 299 Å². The van der Waals surface area contributed by atoms with Crippen molar-refractivity contribution >= 4 is 139 Å². The monoisotopic (exact) mass is 1460 g/mol. The van der Waals surface area contributed by atoms with E-state index in [4.69, 9.17) is 2.74 Å². The number of benzene rings is 16. The van der Waals surface area contributed by atoms with E-state index in [0.717, 1.165) is 66.6 Å². The van der Waals surface area contributed by atoms with Gasteiger partial charge in [-0.05, 0) is 163 Å². The highest BCUT2D eigenvalue weighted by molar-refractivity contribution is 7.00. The van der Waals surface area contributed by atoms with E-state index in [-0.39, 0.29) is 71.9 Å². The second kappa shape index (κ2) is 24.2. The number of aromatic nitrogens is 4. The van der Waals surface area contributed by atoms with Gasteiger partial charge in [-0.2, -0.15) is 0 Å². The molecule has 0 saturated carbocycles. The van der Waals surface area contributed by atoms with Gasteiger partial charge in [-0.25, -0.2) is 0 Å². The third-order valence-corrected chi connectivity index (χ3v) is 23.5. The maximum absolute atomic E-state index is 10.2. The lowest BCUT2D eigenvalue weighted by Gasteiger charge is -2.43. The molecule has 0 spiro atoms. The van der Waals surface area contributed by atoms with Gasteiger partial charge >= 0.3 is 0 Å². The molecule has 0 saturated heterocycles. The molecule has 1 N–H and O–H groups in total. The van der Waals surface area contributed by atoms with Gasteiger partial charge < -0.3 is 28.5 Å². The fourth-order valence-corrected chi connectivity index (χ4v) is 18.7. The van der Waals surface area contributed by atoms with E-state index < -0.39 is 169 Å². The van der Waals surface area contributed by atoms with Crippen LogP contribution in [0, 0.1) is 0 Å². The minimum Gasteiger partial charge on any atom is -0.354 e. The highest BCUT2D eigenvalue weighted by Gasteiger charge is 2.47. The normalized spacial score (nSPS) is 18.1. The minimum absolute atomic E-state index is 0.0874. The molecule has 2 unspecified atom stereocenters. The van der Waals surface area contributed by atoms with Gasteiger partial charge in [0.15, 0.2) is 0 Å². The van der Waals surface area contributed by atoms with Gasteiger partial charge in [0.05, 0.1) is 88.9 Å². The van der Waals surface area contributed by atoms with E-state index in [0.29, 0.717) is 77.4 Å². The Morgan fingerprint density at radius 1 is 0.363 bits per heavy atom. The summed E-state index contributed by atoms with van der Waals surface area (Å²) in [5.74, 6) is -1.43. The molecule has 0 amide bonds. The fraction of sp³-hybridized carbons (Fsp3) is 0.0566. The van der Waals surface area contributed by atoms with Crippen molar-refractivity contribution in [2.75, 3.05) is 9.80 Å². The smallest absolute Gasteiger partial charge is 0.252 e. The zero-order valence-electron chi connectivity index (χ0n) is 84.8. The Morgan fingerprint density at radius 2 is 0.876 bits per heavy atom. The van der Waals surface area contributed by atoms with Crippen LogP contribution in [0.3, 0.4) is 0 Å². The number of aromatic amines is 1. The lowest BCUT2D eigenvalue weighted by Crippen LogP contribution is -2.60. The first-order valence-corrected chi connectivity index (χ1v) is 37.7. The standard InChI is InChI=1S/C106H73BN6/c1-106(2,3)68-58-84(66-32-9-5-10-33-66)103(85(59-68)67-34-11-6-12-35-67)113-98-63-70(110-93-50-25-19-42-78(93)79-43-20-26-51-94(79)110)54-56-88(98)107-89-62-71(111-95-52-27-21-44-80(95)81-45-22-28-53-96(81)111)61-87-86-60-69(109-91-48-23-17-40-76(91)77-41-18-24-49-92(77)109)55-57-97(86)112(104(87)89)99-64-90-100(105(113)101(99)107)83-47-29-46-82(102(83)108-90)75-39-16-15-38-74(75)73-37-14-13-36-72(73)65-30-7-4-8-31-65/h4-64,80,95,108H,1-3H3/i17D,18D,19D,20D,21D,22D,23D,24D,25D,26D,27D,28D,40D,41D,42D,43D,44D,45D,48D,49D,50D,51D,52D,53D. The first-order valence-electron chi connectivity index (χ1n) is 49.7. The summed E-state index contributed by atoms with van der Waals surface area (Å²) in [6.07, 6.45) is 0. The Morgan fingerprint density at radius 3 is 1.50 bits per heavy atom. The third kappa shape index (κ3) is 9.25. The molecule has 4 aromatic heterocycles. The molecule has 3 aliphatic heterocycles. The largest absolute Gasteiger partial charge is 0.354 e. The molecule has 2 atom stereocenters. The van der Waals surface area contributed by atoms with Crippen molar-refractivity contribution in [3.8, 4) is 72.7 Å². The summed E-state index contributed by atoms with van der Waals surface area (Å²) in [5, 5.41) is 1.59. The number of rotatable bonds is 9. The summed E-state index contributed by atoms with van der Waals surface area (Å²) in [4.78, 5) is 7.97. The molecule has 24 rings (SSSR count). The molecule has 4 aliphatic rings. The van der Waals surface area contributed by atoms with Crippen LogP contribution >= 0.6 is 0 Å². The molecule has 0 fully saturated rings. The fourth-order valence-electron chi connectivity index (χ4n) is 18.7. The minimum atomic E-state index is -1.48. The van der Waals surface area contributed by atoms with Crippen molar-refractivity contribution in [1.82, 2.24) is 18.7 Å². The average Bonchev–Trinajstić information content (AvgIpc) is 1.55. The second-order valence-electron chi connectivity index (χ2n) is 30.4. The Bertz CT molecular complexity index is 8830. The molecule has 7 heterocycles. The molecular formula is C106H73BN6. The van der Waals surface area contributed by atoms with Crippen molar-refractivity contribution in [1.29, 1.82) is 0 Å². The number of hydrogen-bond donors (Lipinski definition) is 1. The van der Waals surface area contributed by atoms with E-state index in [1.54, 1.807) is 23.1 Å². The number of para-hydroxylation sites is 6. The molecular weight excluding hydrogens is 1370 g/mol. The van der Waals surface area contributed by atoms with E-state index >= 15 is 0 Å². The predicted molar refractivity (Wildman–Crippen MR) is 477 cm³/mol. The van der Waals surface area contributed by atoms with Gasteiger partial charge in [-0.15, -0.1) is 0 Å². The molecule has 0 radical (unpaired) electrons. The molecule has 113 heavy (non-hydrogen) atoms. The maximum atomic E-state index is 10.2. The molecule has 7 heteroatoms. The molecule has 20 aromatic rings. The van der Waals surface area contributed by atoms with Crippen molar-refractivity contribution in [3.05, 3.63) is 381 Å². The molecule has 16 aromatic carbocycles. The number of hydrogen-bond acceptors (Lipinski definition) is 2. The lowest BCUT2D eigenvalue weighted by molar-refractivity contribution is 0.591.